The van der Waals surface area contributed by atoms with Crippen molar-refractivity contribution >= 4 is 5.91 Å². The van der Waals surface area contributed by atoms with Crippen molar-refractivity contribution in [3.63, 3.8) is 0 Å². The van der Waals surface area contributed by atoms with E-state index in [1.165, 1.54) is 12.1 Å². The van der Waals surface area contributed by atoms with E-state index >= 15 is 0 Å². The van der Waals surface area contributed by atoms with E-state index in [2.05, 4.69) is 10.2 Å². The van der Waals surface area contributed by atoms with Crippen molar-refractivity contribution in [1.82, 2.24) is 10.2 Å². The molecule has 1 aliphatic rings. The number of methoxy groups -OCH3 is 1. The summed E-state index contributed by atoms with van der Waals surface area (Å²) in [5.41, 5.74) is 0.535. The maximum Gasteiger partial charge on any atom is 0.220 e. The SMILES string of the molecule is COCCNC(=O)CCC1CCN(Cc2ccc(F)cc2F)CC1. The minimum atomic E-state index is -0.543. The fraction of sp³-hybridized carbons (Fsp3) is 0.611. The van der Waals surface area contributed by atoms with Gasteiger partial charge >= 0.3 is 0 Å². The normalized spacial score (nSPS) is 16.3. The highest BCUT2D eigenvalue weighted by Crippen LogP contribution is 2.23. The number of piperidine rings is 1. The summed E-state index contributed by atoms with van der Waals surface area (Å²) in [6, 6.07) is 3.75. The molecule has 0 unspecified atom stereocenters. The van der Waals surface area contributed by atoms with Gasteiger partial charge in [0.1, 0.15) is 11.6 Å². The molecule has 24 heavy (non-hydrogen) atoms. The Morgan fingerprint density at radius 3 is 2.75 bits per heavy atom. The summed E-state index contributed by atoms with van der Waals surface area (Å²) in [5, 5.41) is 2.83. The number of ether oxygens (including phenoxy) is 1. The van der Waals surface area contributed by atoms with Gasteiger partial charge in [-0.15, -0.1) is 0 Å². The van der Waals surface area contributed by atoms with E-state index in [-0.39, 0.29) is 5.91 Å². The van der Waals surface area contributed by atoms with Crippen LogP contribution in [-0.4, -0.2) is 44.2 Å². The van der Waals surface area contributed by atoms with Gasteiger partial charge in [-0.25, -0.2) is 8.78 Å². The van der Waals surface area contributed by atoms with E-state index in [9.17, 15) is 13.6 Å². The lowest BCUT2D eigenvalue weighted by Gasteiger charge is -2.32. The standard InChI is InChI=1S/C18H26F2N2O2/c1-24-11-8-21-18(23)5-2-14-6-9-22(10-7-14)13-15-3-4-16(19)12-17(15)20/h3-4,12,14H,2,5-11,13H2,1H3,(H,21,23). The molecule has 1 heterocycles. The molecule has 6 heteroatoms. The Labute approximate surface area is 142 Å². The lowest BCUT2D eigenvalue weighted by Crippen LogP contribution is -2.34. The third-order valence-corrected chi connectivity index (χ3v) is 4.52. The van der Waals surface area contributed by atoms with Gasteiger partial charge in [-0.05, 0) is 44.3 Å². The van der Waals surface area contributed by atoms with Gasteiger partial charge in [0.15, 0.2) is 0 Å². The zero-order chi connectivity index (χ0) is 17.4. The Balaban J connectivity index is 1.67. The number of nitrogens with zero attached hydrogens (tertiary/aromatic N) is 1. The van der Waals surface area contributed by atoms with Crippen LogP contribution in [0.25, 0.3) is 0 Å². The fourth-order valence-corrected chi connectivity index (χ4v) is 3.04. The quantitative estimate of drug-likeness (QED) is 0.740. The second kappa shape index (κ2) is 9.69. The number of nitrogens with one attached hydrogen (secondary N) is 1. The maximum absolute atomic E-state index is 13.7. The van der Waals surface area contributed by atoms with Crippen molar-refractivity contribution in [3.8, 4) is 0 Å². The van der Waals surface area contributed by atoms with Crippen LogP contribution in [0.15, 0.2) is 18.2 Å². The Morgan fingerprint density at radius 1 is 1.33 bits per heavy atom. The molecule has 1 aliphatic heterocycles. The maximum atomic E-state index is 13.7. The predicted molar refractivity (Wildman–Crippen MR) is 88.5 cm³/mol. The first-order valence-corrected chi connectivity index (χ1v) is 8.50. The van der Waals surface area contributed by atoms with Gasteiger partial charge in [0.25, 0.3) is 0 Å². The number of hydrogen-bond acceptors (Lipinski definition) is 3. The lowest BCUT2D eigenvalue weighted by atomic mass is 9.92. The van der Waals surface area contributed by atoms with Crippen molar-refractivity contribution in [2.75, 3.05) is 33.4 Å². The highest BCUT2D eigenvalue weighted by Gasteiger charge is 2.20. The van der Waals surface area contributed by atoms with Crippen molar-refractivity contribution in [3.05, 3.63) is 35.4 Å². The van der Waals surface area contributed by atoms with Crippen molar-refractivity contribution in [2.24, 2.45) is 5.92 Å². The van der Waals surface area contributed by atoms with Crippen LogP contribution in [0.4, 0.5) is 8.78 Å². The van der Waals surface area contributed by atoms with Crippen molar-refractivity contribution in [2.45, 2.75) is 32.2 Å². The van der Waals surface area contributed by atoms with Gasteiger partial charge in [0.05, 0.1) is 6.61 Å². The molecule has 0 radical (unpaired) electrons. The second-order valence-corrected chi connectivity index (χ2v) is 6.34. The van der Waals surface area contributed by atoms with Crippen molar-refractivity contribution in [1.29, 1.82) is 0 Å². The summed E-state index contributed by atoms with van der Waals surface area (Å²) < 4.78 is 31.5. The molecule has 0 aliphatic carbocycles. The summed E-state index contributed by atoms with van der Waals surface area (Å²) in [5.74, 6) is -0.418. The highest BCUT2D eigenvalue weighted by atomic mass is 19.1. The third kappa shape index (κ3) is 6.17. The van der Waals surface area contributed by atoms with E-state index in [0.717, 1.165) is 38.4 Å². The van der Waals surface area contributed by atoms with Gasteiger partial charge in [-0.1, -0.05) is 6.07 Å². The Morgan fingerprint density at radius 2 is 2.08 bits per heavy atom. The first-order valence-electron chi connectivity index (χ1n) is 8.50. The monoisotopic (exact) mass is 340 g/mol. The molecule has 1 amide bonds. The summed E-state index contributed by atoms with van der Waals surface area (Å²) in [4.78, 5) is 13.9. The largest absolute Gasteiger partial charge is 0.383 e. The average Bonchev–Trinajstić information content (AvgIpc) is 2.57. The summed E-state index contributed by atoms with van der Waals surface area (Å²) in [6.45, 7) is 3.36. The number of likely N-dealkylation sites (tertiary alicyclic amines) is 1. The van der Waals surface area contributed by atoms with Crippen LogP contribution >= 0.6 is 0 Å². The van der Waals surface area contributed by atoms with E-state index in [1.807, 2.05) is 0 Å². The molecule has 0 atom stereocenters. The first-order chi connectivity index (χ1) is 11.6. The number of hydrogen-bond donors (Lipinski definition) is 1. The highest BCUT2D eigenvalue weighted by molar-refractivity contribution is 5.75. The number of benzene rings is 1. The Hall–Kier alpha value is -1.53. The molecule has 1 aromatic rings. The minimum Gasteiger partial charge on any atom is -0.383 e. The predicted octanol–water partition coefficient (Wildman–Crippen LogP) is 2.72. The number of amides is 1. The number of carbonyl (C=O) groups excluding carboxylic acids is 1. The van der Waals surface area contributed by atoms with Crippen molar-refractivity contribution < 1.29 is 18.3 Å². The van der Waals surface area contributed by atoms with Crippen LogP contribution in [0, 0.1) is 17.6 Å². The fourth-order valence-electron chi connectivity index (χ4n) is 3.04. The summed E-state index contributed by atoms with van der Waals surface area (Å²) in [6.07, 6.45) is 3.45. The zero-order valence-corrected chi connectivity index (χ0v) is 14.2. The van der Waals surface area contributed by atoms with E-state index < -0.39 is 11.6 Å². The van der Waals surface area contributed by atoms with Gasteiger partial charge in [-0.3, -0.25) is 9.69 Å². The molecule has 4 nitrogen and oxygen atoms in total. The Kier molecular flexibility index (Phi) is 7.59. The summed E-state index contributed by atoms with van der Waals surface area (Å²) >= 11 is 0. The lowest BCUT2D eigenvalue weighted by molar-refractivity contribution is -0.121. The van der Waals surface area contributed by atoms with Gasteiger partial charge < -0.3 is 10.1 Å². The van der Waals surface area contributed by atoms with Gasteiger partial charge in [-0.2, -0.15) is 0 Å². The molecule has 1 aromatic carbocycles. The van der Waals surface area contributed by atoms with Crippen LogP contribution in [0.3, 0.4) is 0 Å². The Bertz CT molecular complexity index is 532. The second-order valence-electron chi connectivity index (χ2n) is 6.34. The van der Waals surface area contributed by atoms with E-state index in [1.54, 1.807) is 7.11 Å². The van der Waals surface area contributed by atoms with Crippen LogP contribution in [0.1, 0.15) is 31.2 Å². The van der Waals surface area contributed by atoms with Crippen LogP contribution in [0.2, 0.25) is 0 Å². The molecule has 1 N–H and O–H groups in total. The summed E-state index contributed by atoms with van der Waals surface area (Å²) in [7, 11) is 1.61. The number of rotatable bonds is 8. The molecular formula is C18H26F2N2O2. The molecule has 0 saturated carbocycles. The molecule has 0 aromatic heterocycles. The van der Waals surface area contributed by atoms with Gasteiger partial charge in [0, 0.05) is 38.2 Å². The molecule has 0 bridgehead atoms. The molecule has 134 valence electrons. The molecular weight excluding hydrogens is 314 g/mol. The molecule has 0 spiro atoms. The minimum absolute atomic E-state index is 0.0721. The third-order valence-electron chi connectivity index (χ3n) is 4.52. The van der Waals surface area contributed by atoms with Crippen LogP contribution in [0.5, 0.6) is 0 Å². The van der Waals surface area contributed by atoms with E-state index in [0.29, 0.717) is 37.6 Å². The molecule has 1 saturated heterocycles. The molecule has 2 rings (SSSR count). The van der Waals surface area contributed by atoms with Crippen LogP contribution in [-0.2, 0) is 16.1 Å². The smallest absolute Gasteiger partial charge is 0.220 e. The molecule has 1 fully saturated rings. The topological polar surface area (TPSA) is 41.6 Å². The number of halogens is 2. The van der Waals surface area contributed by atoms with Crippen LogP contribution < -0.4 is 5.32 Å². The zero-order valence-electron chi connectivity index (χ0n) is 14.2. The first kappa shape index (κ1) is 18.8. The van der Waals surface area contributed by atoms with Gasteiger partial charge in [0.2, 0.25) is 5.91 Å². The number of carbonyl (C=O) groups is 1. The average molecular weight is 340 g/mol. The van der Waals surface area contributed by atoms with E-state index in [4.69, 9.17) is 4.74 Å².